The lowest BCUT2D eigenvalue weighted by atomic mass is 9.93. The molecule has 1 saturated carbocycles. The summed E-state index contributed by atoms with van der Waals surface area (Å²) in [6.45, 7) is 3.35. The number of nitrogens with zero attached hydrogens (tertiary/aromatic N) is 1. The van der Waals surface area contributed by atoms with Crippen LogP contribution in [0.4, 0.5) is 0 Å². The van der Waals surface area contributed by atoms with Crippen molar-refractivity contribution >= 4 is 40.7 Å². The van der Waals surface area contributed by atoms with Crippen LogP contribution in [-0.2, 0) is 10.8 Å². The summed E-state index contributed by atoms with van der Waals surface area (Å²) in [6, 6.07) is 9.86. The lowest BCUT2D eigenvalue weighted by molar-refractivity contribution is 0.120. The molecule has 5 nitrogen and oxygen atoms in total. The first-order chi connectivity index (χ1) is 11.2. The molecule has 0 radical (unpaired) electrons. The molecule has 0 aromatic heterocycles. The standard InChI is InChI=1S/C17H27N3O2S.HI/c1-2-18-17(20-14-8-10-15(21)11-9-14)19-12-13-23(22)16-6-4-3-5-7-16;/h3-7,14-15,21H,2,8-13H2,1H3,(H2,18,19,20);1H. The van der Waals surface area contributed by atoms with E-state index in [1.165, 1.54) is 0 Å². The predicted octanol–water partition coefficient (Wildman–Crippen LogP) is 2.27. The van der Waals surface area contributed by atoms with Crippen LogP contribution in [0.3, 0.4) is 0 Å². The molecule has 1 fully saturated rings. The summed E-state index contributed by atoms with van der Waals surface area (Å²) >= 11 is 0. The molecule has 136 valence electrons. The van der Waals surface area contributed by atoms with Crippen LogP contribution in [-0.4, -0.2) is 46.3 Å². The van der Waals surface area contributed by atoms with Crippen LogP contribution >= 0.6 is 24.0 Å². The highest BCUT2D eigenvalue weighted by atomic mass is 127. The Morgan fingerprint density at radius 1 is 1.25 bits per heavy atom. The second-order valence-corrected chi connectivity index (χ2v) is 7.34. The van der Waals surface area contributed by atoms with Crippen molar-refractivity contribution in [2.75, 3.05) is 18.8 Å². The Morgan fingerprint density at radius 3 is 2.54 bits per heavy atom. The van der Waals surface area contributed by atoms with Gasteiger partial charge in [0.05, 0.1) is 23.4 Å². The molecule has 0 amide bonds. The van der Waals surface area contributed by atoms with Crippen LogP contribution < -0.4 is 10.6 Å². The number of hydrogen-bond donors (Lipinski definition) is 3. The van der Waals surface area contributed by atoms with E-state index in [1.54, 1.807) is 0 Å². The molecule has 1 aromatic rings. The van der Waals surface area contributed by atoms with E-state index in [2.05, 4.69) is 15.6 Å². The van der Waals surface area contributed by atoms with E-state index < -0.39 is 10.8 Å². The molecule has 1 atom stereocenters. The van der Waals surface area contributed by atoms with Crippen molar-refractivity contribution in [1.82, 2.24) is 10.6 Å². The van der Waals surface area contributed by atoms with Crippen LogP contribution in [0.5, 0.6) is 0 Å². The van der Waals surface area contributed by atoms with Gasteiger partial charge in [-0.3, -0.25) is 9.20 Å². The number of aliphatic hydroxyl groups excluding tert-OH is 1. The molecule has 7 heteroatoms. The third kappa shape index (κ3) is 7.48. The summed E-state index contributed by atoms with van der Waals surface area (Å²) in [4.78, 5) is 5.38. The summed E-state index contributed by atoms with van der Waals surface area (Å²) in [5.41, 5.74) is 0. The van der Waals surface area contributed by atoms with Crippen molar-refractivity contribution < 1.29 is 9.32 Å². The number of aliphatic imine (C=N–C) groups is 1. The fourth-order valence-electron chi connectivity index (χ4n) is 2.66. The number of aliphatic hydroxyl groups is 1. The number of rotatable bonds is 6. The average molecular weight is 465 g/mol. The lowest BCUT2D eigenvalue weighted by Crippen LogP contribution is -2.45. The number of halogens is 1. The quantitative estimate of drug-likeness (QED) is 0.343. The molecule has 1 unspecified atom stereocenters. The molecular formula is C17H28IN3O2S. The van der Waals surface area contributed by atoms with Crippen LogP contribution in [0, 0.1) is 0 Å². The van der Waals surface area contributed by atoms with Crippen LogP contribution in [0.2, 0.25) is 0 Å². The van der Waals surface area contributed by atoms with E-state index in [-0.39, 0.29) is 30.1 Å². The van der Waals surface area contributed by atoms with Crippen LogP contribution in [0.1, 0.15) is 32.6 Å². The lowest BCUT2D eigenvalue weighted by Gasteiger charge is -2.27. The van der Waals surface area contributed by atoms with Gasteiger partial charge in [0, 0.05) is 23.2 Å². The van der Waals surface area contributed by atoms with Crippen LogP contribution in [0.15, 0.2) is 40.2 Å². The van der Waals surface area contributed by atoms with Gasteiger partial charge in [0.2, 0.25) is 0 Å². The highest BCUT2D eigenvalue weighted by molar-refractivity contribution is 14.0. The minimum atomic E-state index is -1.01. The number of guanidine groups is 1. The van der Waals surface area contributed by atoms with Gasteiger partial charge in [0.25, 0.3) is 0 Å². The molecule has 1 aliphatic rings. The van der Waals surface area contributed by atoms with E-state index in [0.29, 0.717) is 18.3 Å². The Labute approximate surface area is 164 Å². The van der Waals surface area contributed by atoms with Crippen molar-refractivity contribution in [2.45, 2.75) is 49.6 Å². The zero-order chi connectivity index (χ0) is 16.5. The van der Waals surface area contributed by atoms with Crippen LogP contribution in [0.25, 0.3) is 0 Å². The molecule has 24 heavy (non-hydrogen) atoms. The summed E-state index contributed by atoms with van der Waals surface area (Å²) < 4.78 is 12.2. The van der Waals surface area contributed by atoms with Gasteiger partial charge >= 0.3 is 0 Å². The molecule has 3 N–H and O–H groups in total. The molecule has 0 aliphatic heterocycles. The van der Waals surface area contributed by atoms with Gasteiger partial charge in [-0.05, 0) is 44.7 Å². The Kier molecular flexibility index (Phi) is 10.5. The van der Waals surface area contributed by atoms with E-state index in [9.17, 15) is 9.32 Å². The number of nitrogens with one attached hydrogen (secondary N) is 2. The Balaban J connectivity index is 0.00000288. The monoisotopic (exact) mass is 465 g/mol. The van der Waals surface area contributed by atoms with Gasteiger partial charge in [0.15, 0.2) is 5.96 Å². The minimum Gasteiger partial charge on any atom is -0.393 e. The molecule has 0 spiro atoms. The molecule has 2 rings (SSSR count). The summed E-state index contributed by atoms with van der Waals surface area (Å²) in [7, 11) is -1.01. The third-order valence-electron chi connectivity index (χ3n) is 3.93. The first-order valence-electron chi connectivity index (χ1n) is 8.35. The molecule has 1 aliphatic carbocycles. The normalized spacial score (nSPS) is 22.3. The summed E-state index contributed by atoms with van der Waals surface area (Å²) in [6.07, 6.45) is 3.45. The fourth-order valence-corrected chi connectivity index (χ4v) is 3.62. The minimum absolute atomic E-state index is 0. The molecule has 0 bridgehead atoms. The Morgan fingerprint density at radius 2 is 1.92 bits per heavy atom. The molecule has 1 aromatic carbocycles. The number of hydrogen-bond acceptors (Lipinski definition) is 3. The SMILES string of the molecule is CCNC(=NCCS(=O)c1ccccc1)NC1CCC(O)CC1.I. The van der Waals surface area contributed by atoms with Crippen molar-refractivity contribution in [3.05, 3.63) is 30.3 Å². The molecule has 0 saturated heterocycles. The smallest absolute Gasteiger partial charge is 0.191 e. The van der Waals surface area contributed by atoms with Gasteiger partial charge in [-0.1, -0.05) is 18.2 Å². The Bertz CT molecular complexity index is 520. The van der Waals surface area contributed by atoms with Gasteiger partial charge in [-0.15, -0.1) is 24.0 Å². The molecular weight excluding hydrogens is 437 g/mol. The second-order valence-electron chi connectivity index (χ2n) is 5.77. The maximum absolute atomic E-state index is 12.2. The first-order valence-corrected chi connectivity index (χ1v) is 9.67. The van der Waals surface area contributed by atoms with E-state index in [1.807, 2.05) is 37.3 Å². The van der Waals surface area contributed by atoms with Gasteiger partial charge in [0.1, 0.15) is 0 Å². The zero-order valence-corrected chi connectivity index (χ0v) is 17.3. The summed E-state index contributed by atoms with van der Waals surface area (Å²) in [5, 5.41) is 16.2. The topological polar surface area (TPSA) is 73.7 Å². The molecule has 0 heterocycles. The third-order valence-corrected chi connectivity index (χ3v) is 5.29. The predicted molar refractivity (Wildman–Crippen MR) is 111 cm³/mol. The highest BCUT2D eigenvalue weighted by Gasteiger charge is 2.19. The number of benzene rings is 1. The second kappa shape index (κ2) is 11.8. The van der Waals surface area contributed by atoms with Crippen molar-refractivity contribution in [3.63, 3.8) is 0 Å². The van der Waals surface area contributed by atoms with E-state index >= 15 is 0 Å². The van der Waals surface area contributed by atoms with Crippen molar-refractivity contribution in [2.24, 2.45) is 4.99 Å². The maximum atomic E-state index is 12.2. The average Bonchev–Trinajstić information content (AvgIpc) is 2.58. The van der Waals surface area contributed by atoms with E-state index in [4.69, 9.17) is 0 Å². The largest absolute Gasteiger partial charge is 0.393 e. The summed E-state index contributed by atoms with van der Waals surface area (Å²) in [5.74, 6) is 1.29. The first kappa shape index (κ1) is 21.4. The van der Waals surface area contributed by atoms with Crippen molar-refractivity contribution in [3.8, 4) is 0 Å². The maximum Gasteiger partial charge on any atom is 0.191 e. The van der Waals surface area contributed by atoms with Crippen molar-refractivity contribution in [1.29, 1.82) is 0 Å². The highest BCUT2D eigenvalue weighted by Crippen LogP contribution is 2.18. The fraction of sp³-hybridized carbons (Fsp3) is 0.588. The van der Waals surface area contributed by atoms with E-state index in [0.717, 1.165) is 43.1 Å². The van der Waals surface area contributed by atoms with Gasteiger partial charge < -0.3 is 15.7 Å². The zero-order valence-electron chi connectivity index (χ0n) is 14.1. The Hall–Kier alpha value is -0.670. The van der Waals surface area contributed by atoms with Gasteiger partial charge in [-0.2, -0.15) is 0 Å². The van der Waals surface area contributed by atoms with Gasteiger partial charge in [-0.25, -0.2) is 0 Å².